The van der Waals surface area contributed by atoms with Crippen molar-refractivity contribution < 1.29 is 24.2 Å². The molecule has 0 rings (SSSR count). The van der Waals surface area contributed by atoms with Crippen LogP contribution in [0.1, 0.15) is 20.8 Å². The van der Waals surface area contributed by atoms with Crippen LogP contribution >= 0.6 is 11.8 Å². The molecule has 0 aromatic heterocycles. The van der Waals surface area contributed by atoms with Gasteiger partial charge >= 0.3 is 11.9 Å². The Morgan fingerprint density at radius 2 is 1.89 bits per heavy atom. The third-order valence-corrected chi connectivity index (χ3v) is 2.90. The zero-order chi connectivity index (χ0) is 14.1. The molecule has 0 atom stereocenters. The zero-order valence-corrected chi connectivity index (χ0v) is 11.7. The van der Waals surface area contributed by atoms with Crippen LogP contribution in [0.25, 0.3) is 0 Å². The summed E-state index contributed by atoms with van der Waals surface area (Å²) in [6, 6.07) is -0.132. The van der Waals surface area contributed by atoms with Crippen LogP contribution in [-0.2, 0) is 19.1 Å². The minimum atomic E-state index is -0.964. The lowest BCUT2D eigenvalue weighted by Gasteiger charge is -2.25. The Morgan fingerprint density at radius 1 is 1.28 bits per heavy atom. The van der Waals surface area contributed by atoms with Gasteiger partial charge in [0.2, 0.25) is 5.91 Å². The highest BCUT2D eigenvalue weighted by Gasteiger charge is 2.20. The zero-order valence-electron chi connectivity index (χ0n) is 10.8. The van der Waals surface area contributed by atoms with Crippen molar-refractivity contribution in [1.82, 2.24) is 4.90 Å². The van der Waals surface area contributed by atoms with E-state index in [1.807, 2.05) is 0 Å². The predicted molar refractivity (Wildman–Crippen MR) is 68.4 cm³/mol. The Labute approximate surface area is 111 Å². The highest BCUT2D eigenvalue weighted by Crippen LogP contribution is 2.06. The lowest BCUT2D eigenvalue weighted by molar-refractivity contribution is -0.149. The summed E-state index contributed by atoms with van der Waals surface area (Å²) in [5.74, 6) is -1.76. The van der Waals surface area contributed by atoms with Crippen LogP contribution in [0.3, 0.4) is 0 Å². The largest absolute Gasteiger partial charge is 0.481 e. The molecule has 7 heteroatoms. The minimum Gasteiger partial charge on any atom is -0.481 e. The SMILES string of the molecule is CCOC(=O)CN(C(=O)CSCC(=O)O)C(C)C. The molecule has 0 spiro atoms. The number of hydrogen-bond donors (Lipinski definition) is 1. The van der Waals surface area contributed by atoms with Gasteiger partial charge in [-0.15, -0.1) is 11.8 Å². The third kappa shape index (κ3) is 7.16. The first-order chi connectivity index (χ1) is 8.38. The van der Waals surface area contributed by atoms with E-state index in [0.717, 1.165) is 11.8 Å². The molecule has 0 saturated carbocycles. The number of thioether (sulfide) groups is 1. The highest BCUT2D eigenvalue weighted by atomic mass is 32.2. The van der Waals surface area contributed by atoms with Crippen molar-refractivity contribution in [3.8, 4) is 0 Å². The van der Waals surface area contributed by atoms with Gasteiger partial charge in [0.1, 0.15) is 6.54 Å². The molecule has 104 valence electrons. The maximum Gasteiger partial charge on any atom is 0.325 e. The second-order valence-corrected chi connectivity index (χ2v) is 4.79. The minimum absolute atomic E-state index is 0.0455. The number of ether oxygens (including phenoxy) is 1. The van der Waals surface area contributed by atoms with Gasteiger partial charge in [0.25, 0.3) is 0 Å². The number of hydrogen-bond acceptors (Lipinski definition) is 5. The number of aliphatic carboxylic acids is 1. The molecular formula is C11H19NO5S. The van der Waals surface area contributed by atoms with Gasteiger partial charge < -0.3 is 14.7 Å². The van der Waals surface area contributed by atoms with E-state index < -0.39 is 11.9 Å². The molecule has 0 aliphatic rings. The number of carboxylic acid groups (broad SMARTS) is 1. The van der Waals surface area contributed by atoms with Crippen LogP contribution < -0.4 is 0 Å². The summed E-state index contributed by atoms with van der Waals surface area (Å²) in [6.07, 6.45) is 0. The molecule has 0 saturated heterocycles. The van der Waals surface area contributed by atoms with Crippen LogP contribution in [0.15, 0.2) is 0 Å². The van der Waals surface area contributed by atoms with E-state index in [-0.39, 0.29) is 36.6 Å². The summed E-state index contributed by atoms with van der Waals surface area (Å²) in [4.78, 5) is 34.8. The molecule has 0 fully saturated rings. The maximum absolute atomic E-state index is 11.8. The van der Waals surface area contributed by atoms with Crippen LogP contribution in [-0.4, -0.2) is 58.6 Å². The molecular weight excluding hydrogens is 258 g/mol. The van der Waals surface area contributed by atoms with Crippen molar-refractivity contribution in [2.75, 3.05) is 24.7 Å². The average Bonchev–Trinajstić information content (AvgIpc) is 2.25. The lowest BCUT2D eigenvalue weighted by atomic mass is 10.3. The molecule has 0 aliphatic heterocycles. The number of carboxylic acids is 1. The first-order valence-electron chi connectivity index (χ1n) is 5.63. The van der Waals surface area contributed by atoms with E-state index in [9.17, 15) is 14.4 Å². The quantitative estimate of drug-likeness (QED) is 0.654. The Balaban J connectivity index is 4.27. The predicted octanol–water partition coefficient (Wildman–Crippen LogP) is 0.604. The summed E-state index contributed by atoms with van der Waals surface area (Å²) >= 11 is 1.01. The van der Waals surface area contributed by atoms with Crippen molar-refractivity contribution >= 4 is 29.6 Å². The van der Waals surface area contributed by atoms with Crippen LogP contribution in [0.5, 0.6) is 0 Å². The highest BCUT2D eigenvalue weighted by molar-refractivity contribution is 8.00. The normalized spacial score (nSPS) is 10.2. The van der Waals surface area contributed by atoms with Gasteiger partial charge in [-0.3, -0.25) is 14.4 Å². The van der Waals surface area contributed by atoms with Gasteiger partial charge in [0, 0.05) is 6.04 Å². The Kier molecular flexibility index (Phi) is 8.19. The number of amides is 1. The van der Waals surface area contributed by atoms with Gasteiger partial charge in [0.15, 0.2) is 0 Å². The average molecular weight is 277 g/mol. The molecule has 1 amide bonds. The van der Waals surface area contributed by atoms with Crippen molar-refractivity contribution in [1.29, 1.82) is 0 Å². The van der Waals surface area contributed by atoms with Crippen molar-refractivity contribution in [2.24, 2.45) is 0 Å². The van der Waals surface area contributed by atoms with Crippen molar-refractivity contribution in [3.05, 3.63) is 0 Å². The molecule has 0 radical (unpaired) electrons. The molecule has 18 heavy (non-hydrogen) atoms. The van der Waals surface area contributed by atoms with E-state index in [4.69, 9.17) is 9.84 Å². The second-order valence-electron chi connectivity index (χ2n) is 3.81. The fourth-order valence-corrected chi connectivity index (χ4v) is 1.83. The summed E-state index contributed by atoms with van der Waals surface area (Å²) in [5.41, 5.74) is 0. The van der Waals surface area contributed by atoms with Crippen molar-refractivity contribution in [2.45, 2.75) is 26.8 Å². The topological polar surface area (TPSA) is 83.9 Å². The van der Waals surface area contributed by atoms with Crippen LogP contribution in [0.2, 0.25) is 0 Å². The van der Waals surface area contributed by atoms with E-state index in [0.29, 0.717) is 0 Å². The molecule has 0 bridgehead atoms. The smallest absolute Gasteiger partial charge is 0.325 e. The number of carbonyl (C=O) groups excluding carboxylic acids is 2. The Bertz CT molecular complexity index is 306. The van der Waals surface area contributed by atoms with E-state index >= 15 is 0 Å². The number of nitrogens with zero attached hydrogens (tertiary/aromatic N) is 1. The number of rotatable bonds is 8. The molecule has 0 aromatic carbocycles. The Morgan fingerprint density at radius 3 is 2.33 bits per heavy atom. The molecule has 0 aliphatic carbocycles. The monoisotopic (exact) mass is 277 g/mol. The molecule has 0 aromatic rings. The van der Waals surface area contributed by atoms with E-state index in [2.05, 4.69) is 0 Å². The molecule has 0 heterocycles. The summed E-state index contributed by atoms with van der Waals surface area (Å²) < 4.78 is 4.78. The van der Waals surface area contributed by atoms with E-state index in [1.54, 1.807) is 20.8 Å². The molecule has 6 nitrogen and oxygen atoms in total. The summed E-state index contributed by atoms with van der Waals surface area (Å²) in [5, 5.41) is 8.47. The third-order valence-electron chi connectivity index (χ3n) is 2.00. The summed E-state index contributed by atoms with van der Waals surface area (Å²) in [6.45, 7) is 5.45. The van der Waals surface area contributed by atoms with E-state index in [1.165, 1.54) is 4.90 Å². The van der Waals surface area contributed by atoms with Gasteiger partial charge in [-0.05, 0) is 20.8 Å². The Hall–Kier alpha value is -1.24. The second kappa shape index (κ2) is 8.79. The fourth-order valence-electron chi connectivity index (χ4n) is 1.21. The fraction of sp³-hybridized carbons (Fsp3) is 0.727. The number of carbonyl (C=O) groups is 3. The van der Waals surface area contributed by atoms with Gasteiger partial charge in [-0.2, -0.15) is 0 Å². The van der Waals surface area contributed by atoms with Gasteiger partial charge in [-0.25, -0.2) is 0 Å². The van der Waals surface area contributed by atoms with Crippen LogP contribution in [0, 0.1) is 0 Å². The standard InChI is InChI=1S/C11H19NO5S/c1-4-17-11(16)5-12(8(2)3)9(13)6-18-7-10(14)15/h8H,4-7H2,1-3H3,(H,14,15). The van der Waals surface area contributed by atoms with Gasteiger partial charge in [-0.1, -0.05) is 0 Å². The van der Waals surface area contributed by atoms with Crippen LogP contribution in [0.4, 0.5) is 0 Å². The number of esters is 1. The van der Waals surface area contributed by atoms with Crippen molar-refractivity contribution in [3.63, 3.8) is 0 Å². The van der Waals surface area contributed by atoms with Gasteiger partial charge in [0.05, 0.1) is 18.1 Å². The molecule has 1 N–H and O–H groups in total. The maximum atomic E-state index is 11.8. The molecule has 0 unspecified atom stereocenters. The lowest BCUT2D eigenvalue weighted by Crippen LogP contribution is -2.42. The first-order valence-corrected chi connectivity index (χ1v) is 6.78. The summed E-state index contributed by atoms with van der Waals surface area (Å²) in [7, 11) is 0. The first kappa shape index (κ1) is 16.8.